The quantitative estimate of drug-likeness (QED) is 0.467. The third-order valence-corrected chi connectivity index (χ3v) is 4.59. The highest BCUT2D eigenvalue weighted by molar-refractivity contribution is 9.10. The Morgan fingerprint density at radius 3 is 2.89 bits per heavy atom. The first-order chi connectivity index (χ1) is 9.17. The van der Waals surface area contributed by atoms with E-state index in [0.717, 1.165) is 22.5 Å². The van der Waals surface area contributed by atoms with Crippen molar-refractivity contribution in [3.05, 3.63) is 28.2 Å². The van der Waals surface area contributed by atoms with E-state index in [0.29, 0.717) is 12.4 Å². The first kappa shape index (κ1) is 16.9. The maximum Gasteiger partial charge on any atom is 0.0864 e. The van der Waals surface area contributed by atoms with Crippen LogP contribution in [0.5, 0.6) is 0 Å². The Labute approximate surface area is 126 Å². The number of methoxy groups -OCH3 is 1. The molecular weight excluding hydrogens is 330 g/mol. The van der Waals surface area contributed by atoms with Crippen LogP contribution in [-0.2, 0) is 11.3 Å². The second-order valence-electron chi connectivity index (χ2n) is 4.08. The molecule has 1 aromatic rings. The molecule has 1 atom stereocenters. The summed E-state index contributed by atoms with van der Waals surface area (Å²) in [6.07, 6.45) is -0.674. The molecule has 0 saturated carbocycles. The summed E-state index contributed by atoms with van der Waals surface area (Å²) in [6.45, 7) is 2.12. The molecule has 1 aromatic carbocycles. The number of hydrogen-bond acceptors (Lipinski definition) is 5. The number of halogens is 1. The smallest absolute Gasteiger partial charge is 0.0864 e. The van der Waals surface area contributed by atoms with Crippen LogP contribution in [0, 0.1) is 0 Å². The Hall–Kier alpha value is -0.110. The molecule has 0 aliphatic carbocycles. The number of rotatable bonds is 9. The molecule has 0 heterocycles. The van der Waals surface area contributed by atoms with Gasteiger partial charge < -0.3 is 20.3 Å². The van der Waals surface area contributed by atoms with Crippen molar-refractivity contribution < 1.29 is 14.9 Å². The highest BCUT2D eigenvalue weighted by Crippen LogP contribution is 2.28. The number of thioether (sulfide) groups is 1. The summed E-state index contributed by atoms with van der Waals surface area (Å²) in [6, 6.07) is 6.14. The lowest BCUT2D eigenvalue weighted by atomic mass is 10.2. The summed E-state index contributed by atoms with van der Waals surface area (Å²) < 4.78 is 5.98. The molecule has 0 aromatic heterocycles. The minimum atomic E-state index is -0.674. The topological polar surface area (TPSA) is 61.7 Å². The average Bonchev–Trinajstić information content (AvgIpc) is 2.42. The van der Waals surface area contributed by atoms with E-state index in [1.807, 2.05) is 6.07 Å². The van der Waals surface area contributed by atoms with Crippen molar-refractivity contribution in [1.82, 2.24) is 5.32 Å². The fourth-order valence-corrected chi connectivity index (χ4v) is 3.03. The maximum absolute atomic E-state index is 9.32. The van der Waals surface area contributed by atoms with E-state index < -0.39 is 6.10 Å². The second-order valence-corrected chi connectivity index (χ2v) is 6.00. The first-order valence-corrected chi connectivity index (χ1v) is 7.85. The third kappa shape index (κ3) is 6.74. The molecule has 0 radical (unpaired) electrons. The van der Waals surface area contributed by atoms with Gasteiger partial charge in [-0.1, -0.05) is 6.07 Å². The van der Waals surface area contributed by atoms with Crippen LogP contribution in [0.2, 0.25) is 0 Å². The molecule has 6 heteroatoms. The number of aliphatic hydroxyl groups is 2. The number of hydrogen-bond donors (Lipinski definition) is 3. The molecule has 0 aliphatic rings. The van der Waals surface area contributed by atoms with Gasteiger partial charge in [0.25, 0.3) is 0 Å². The molecule has 0 saturated heterocycles. The number of benzene rings is 1. The first-order valence-electron chi connectivity index (χ1n) is 6.07. The van der Waals surface area contributed by atoms with Gasteiger partial charge in [-0.2, -0.15) is 0 Å². The second kappa shape index (κ2) is 9.74. The summed E-state index contributed by atoms with van der Waals surface area (Å²) in [5, 5.41) is 21.4. The van der Waals surface area contributed by atoms with Gasteiger partial charge in [-0.15, -0.1) is 11.8 Å². The minimum absolute atomic E-state index is 0.202. The molecule has 0 aliphatic heterocycles. The molecular formula is C13H20BrNO3S. The Kier molecular flexibility index (Phi) is 8.69. The maximum atomic E-state index is 9.32. The molecule has 3 N–H and O–H groups in total. The lowest BCUT2D eigenvalue weighted by Crippen LogP contribution is -2.18. The van der Waals surface area contributed by atoms with Gasteiger partial charge in [0, 0.05) is 35.3 Å². The monoisotopic (exact) mass is 349 g/mol. The van der Waals surface area contributed by atoms with Gasteiger partial charge >= 0.3 is 0 Å². The van der Waals surface area contributed by atoms with Crippen LogP contribution in [-0.4, -0.2) is 48.9 Å². The molecule has 19 heavy (non-hydrogen) atoms. The zero-order valence-corrected chi connectivity index (χ0v) is 13.3. The average molecular weight is 350 g/mol. The predicted octanol–water partition coefficient (Wildman–Crippen LogP) is 1.63. The van der Waals surface area contributed by atoms with Crippen LogP contribution in [0.25, 0.3) is 0 Å². The normalized spacial score (nSPS) is 12.6. The van der Waals surface area contributed by atoms with Crippen molar-refractivity contribution in [3.8, 4) is 0 Å². The Balaban J connectivity index is 2.45. The van der Waals surface area contributed by atoms with Gasteiger partial charge in [0.05, 0.1) is 19.3 Å². The molecule has 108 valence electrons. The largest absolute Gasteiger partial charge is 0.394 e. The summed E-state index contributed by atoms with van der Waals surface area (Å²) in [4.78, 5) is 1.06. The third-order valence-electron chi connectivity index (χ3n) is 2.45. The van der Waals surface area contributed by atoms with Gasteiger partial charge in [0.15, 0.2) is 0 Å². The fraction of sp³-hybridized carbons (Fsp3) is 0.538. The van der Waals surface area contributed by atoms with Crippen molar-refractivity contribution >= 4 is 27.7 Å². The summed E-state index contributed by atoms with van der Waals surface area (Å²) in [7, 11) is 1.69. The molecule has 0 spiro atoms. The van der Waals surface area contributed by atoms with Crippen LogP contribution in [0.4, 0.5) is 0 Å². The zero-order chi connectivity index (χ0) is 14.1. The van der Waals surface area contributed by atoms with Crippen LogP contribution in [0.1, 0.15) is 5.56 Å². The van der Waals surface area contributed by atoms with Crippen molar-refractivity contribution in [3.63, 3.8) is 0 Å². The van der Waals surface area contributed by atoms with Gasteiger partial charge in [0.2, 0.25) is 0 Å². The van der Waals surface area contributed by atoms with Crippen molar-refractivity contribution in [2.45, 2.75) is 17.5 Å². The predicted molar refractivity (Wildman–Crippen MR) is 81.5 cm³/mol. The molecule has 1 rings (SSSR count). The number of ether oxygens (including phenoxy) is 1. The van der Waals surface area contributed by atoms with Gasteiger partial charge in [0.1, 0.15) is 0 Å². The van der Waals surface area contributed by atoms with E-state index in [1.165, 1.54) is 17.3 Å². The van der Waals surface area contributed by atoms with E-state index in [-0.39, 0.29) is 6.61 Å². The van der Waals surface area contributed by atoms with E-state index in [4.69, 9.17) is 9.84 Å². The highest BCUT2D eigenvalue weighted by Gasteiger charge is 2.06. The summed E-state index contributed by atoms with van der Waals surface area (Å²) >= 11 is 5.05. The van der Waals surface area contributed by atoms with E-state index in [9.17, 15) is 5.11 Å². The van der Waals surface area contributed by atoms with Crippen LogP contribution >= 0.6 is 27.7 Å². The Morgan fingerprint density at radius 1 is 1.47 bits per heavy atom. The lowest BCUT2D eigenvalue weighted by molar-refractivity contribution is 0.113. The zero-order valence-electron chi connectivity index (χ0n) is 10.9. The molecule has 0 amide bonds. The van der Waals surface area contributed by atoms with Gasteiger partial charge in [-0.3, -0.25) is 0 Å². The number of nitrogens with one attached hydrogen (secondary N) is 1. The van der Waals surface area contributed by atoms with Crippen LogP contribution in [0.15, 0.2) is 27.6 Å². The SMILES string of the molecule is COCCNCc1ccc(SCC(O)CO)c(Br)c1. The van der Waals surface area contributed by atoms with Crippen molar-refractivity contribution in [2.75, 3.05) is 32.6 Å². The summed E-state index contributed by atoms with van der Waals surface area (Å²) in [5.74, 6) is 0.487. The number of aliphatic hydroxyl groups excluding tert-OH is 2. The van der Waals surface area contributed by atoms with E-state index >= 15 is 0 Å². The molecule has 0 bridgehead atoms. The lowest BCUT2D eigenvalue weighted by Gasteiger charge is -2.10. The van der Waals surface area contributed by atoms with E-state index in [1.54, 1.807) is 7.11 Å². The highest BCUT2D eigenvalue weighted by atomic mass is 79.9. The molecule has 4 nitrogen and oxygen atoms in total. The Bertz CT molecular complexity index is 379. The molecule has 1 unspecified atom stereocenters. The van der Waals surface area contributed by atoms with Crippen molar-refractivity contribution in [1.29, 1.82) is 0 Å². The van der Waals surface area contributed by atoms with Crippen LogP contribution in [0.3, 0.4) is 0 Å². The minimum Gasteiger partial charge on any atom is -0.394 e. The van der Waals surface area contributed by atoms with E-state index in [2.05, 4.69) is 33.4 Å². The summed E-state index contributed by atoms with van der Waals surface area (Å²) in [5.41, 5.74) is 1.19. The van der Waals surface area contributed by atoms with Crippen LogP contribution < -0.4 is 5.32 Å². The van der Waals surface area contributed by atoms with Gasteiger partial charge in [-0.05, 0) is 33.6 Å². The van der Waals surface area contributed by atoms with Crippen molar-refractivity contribution in [2.24, 2.45) is 0 Å². The fourth-order valence-electron chi connectivity index (χ4n) is 1.42. The molecule has 0 fully saturated rings. The Morgan fingerprint density at radius 2 is 2.26 bits per heavy atom. The standard InChI is InChI=1S/C13H20BrNO3S/c1-18-5-4-15-7-10-2-3-13(12(14)6-10)19-9-11(17)8-16/h2-3,6,11,15-17H,4-5,7-9H2,1H3. The van der Waals surface area contributed by atoms with Gasteiger partial charge in [-0.25, -0.2) is 0 Å².